The normalized spacial score (nSPS) is 11.2. The van der Waals surface area contributed by atoms with E-state index in [4.69, 9.17) is 8.83 Å². The van der Waals surface area contributed by atoms with Crippen LogP contribution in [0.2, 0.25) is 0 Å². The van der Waals surface area contributed by atoms with Crippen molar-refractivity contribution < 1.29 is 8.83 Å². The molecule has 0 aliphatic rings. The number of para-hydroxylation sites is 6. The highest BCUT2D eigenvalue weighted by Gasteiger charge is 2.17. The van der Waals surface area contributed by atoms with Crippen molar-refractivity contribution in [2.45, 2.75) is 0 Å². The Bertz CT molecular complexity index is 2280. The predicted octanol–water partition coefficient (Wildman–Crippen LogP) is 12.2. The Labute approximate surface area is 289 Å². The van der Waals surface area contributed by atoms with Gasteiger partial charge in [-0.15, -0.1) is 0 Å². The van der Waals surface area contributed by atoms with Gasteiger partial charge < -0.3 is 18.6 Å². The van der Waals surface area contributed by atoms with Gasteiger partial charge >= 0.3 is 0 Å². The number of hydrogen-bond donors (Lipinski definition) is 0. The van der Waals surface area contributed by atoms with Crippen molar-refractivity contribution >= 4 is 56.3 Å². The minimum absolute atomic E-state index is 0.608. The predicted molar refractivity (Wildman–Crippen MR) is 202 cm³/mol. The van der Waals surface area contributed by atoms with Gasteiger partial charge in [0.15, 0.2) is 11.2 Å². The molecular weight excluding hydrogens is 617 g/mol. The molecule has 0 saturated carbocycles. The maximum atomic E-state index is 6.04. The second-order valence-electron chi connectivity index (χ2n) is 11.9. The summed E-state index contributed by atoms with van der Waals surface area (Å²) in [6.07, 6.45) is 0. The third kappa shape index (κ3) is 5.55. The van der Waals surface area contributed by atoms with E-state index in [0.29, 0.717) is 11.8 Å². The van der Waals surface area contributed by atoms with Crippen molar-refractivity contribution in [1.29, 1.82) is 0 Å². The lowest BCUT2D eigenvalue weighted by atomic mass is 10.1. The first-order valence-electron chi connectivity index (χ1n) is 16.5. The molecule has 9 rings (SSSR count). The minimum Gasteiger partial charge on any atom is -0.436 e. The van der Waals surface area contributed by atoms with Crippen molar-refractivity contribution in [1.82, 2.24) is 9.97 Å². The summed E-state index contributed by atoms with van der Waals surface area (Å²) in [5.74, 6) is 1.22. The zero-order chi connectivity index (χ0) is 33.3. The molecule has 0 aliphatic heterocycles. The van der Waals surface area contributed by atoms with Gasteiger partial charge in [-0.1, -0.05) is 60.7 Å². The van der Waals surface area contributed by atoms with Crippen LogP contribution in [-0.2, 0) is 0 Å². The average Bonchev–Trinajstić information content (AvgIpc) is 3.82. The number of aromatic nitrogens is 2. The summed E-state index contributed by atoms with van der Waals surface area (Å²) in [5.41, 5.74) is 11.3. The van der Waals surface area contributed by atoms with E-state index in [2.05, 4.69) is 141 Å². The lowest BCUT2D eigenvalue weighted by molar-refractivity contribution is 0.619. The zero-order valence-corrected chi connectivity index (χ0v) is 26.9. The molecule has 9 aromatic rings. The molecule has 6 nitrogen and oxygen atoms in total. The number of benzene rings is 7. The van der Waals surface area contributed by atoms with Gasteiger partial charge in [-0.05, 0) is 121 Å². The van der Waals surface area contributed by atoms with Crippen LogP contribution >= 0.6 is 0 Å². The lowest BCUT2D eigenvalue weighted by Crippen LogP contribution is -2.12. The molecule has 2 heterocycles. The highest BCUT2D eigenvalue weighted by Crippen LogP contribution is 2.40. The summed E-state index contributed by atoms with van der Waals surface area (Å²) < 4.78 is 12.1. The topological polar surface area (TPSA) is 58.5 Å². The average molecular weight is 647 g/mol. The number of rotatable bonds is 8. The van der Waals surface area contributed by atoms with Crippen molar-refractivity contribution in [3.05, 3.63) is 182 Å². The van der Waals surface area contributed by atoms with Crippen LogP contribution in [0.5, 0.6) is 0 Å². The smallest absolute Gasteiger partial charge is 0.227 e. The van der Waals surface area contributed by atoms with E-state index < -0.39 is 0 Å². The molecule has 0 atom stereocenters. The van der Waals surface area contributed by atoms with Crippen LogP contribution in [0.3, 0.4) is 0 Å². The minimum atomic E-state index is 0.608. The molecule has 0 radical (unpaired) electrons. The first-order valence-corrected chi connectivity index (χ1v) is 16.5. The molecule has 50 heavy (non-hydrogen) atoms. The second kappa shape index (κ2) is 12.6. The Balaban J connectivity index is 1.05. The Kier molecular flexibility index (Phi) is 7.37. The number of nitrogens with zero attached hydrogens (tertiary/aromatic N) is 4. The SMILES string of the molecule is c1ccc(N(c2ccc(-c3nc4ccccc4o3)cc2)c2ccc(N(c3ccccc3)c3ccc(-c4nc5ccccc5o4)cc3)cc2)cc1. The molecule has 0 fully saturated rings. The fraction of sp³-hybridized carbons (Fsp3) is 0. The third-order valence-electron chi connectivity index (χ3n) is 8.73. The summed E-state index contributed by atoms with van der Waals surface area (Å²) >= 11 is 0. The van der Waals surface area contributed by atoms with Crippen LogP contribution in [0.15, 0.2) is 191 Å². The second-order valence-corrected chi connectivity index (χ2v) is 11.9. The van der Waals surface area contributed by atoms with E-state index in [9.17, 15) is 0 Å². The third-order valence-corrected chi connectivity index (χ3v) is 8.73. The van der Waals surface area contributed by atoms with Crippen molar-refractivity contribution in [3.63, 3.8) is 0 Å². The molecule has 0 unspecified atom stereocenters. The molecular formula is C44H30N4O2. The molecule has 0 amide bonds. The molecule has 6 heteroatoms. The fourth-order valence-corrected chi connectivity index (χ4v) is 6.30. The number of hydrogen-bond acceptors (Lipinski definition) is 6. The quantitative estimate of drug-likeness (QED) is 0.164. The molecule has 0 bridgehead atoms. The number of fused-ring (bicyclic) bond motifs is 2. The van der Waals surface area contributed by atoms with E-state index in [1.165, 1.54) is 0 Å². The van der Waals surface area contributed by atoms with Crippen LogP contribution < -0.4 is 9.80 Å². The lowest BCUT2D eigenvalue weighted by Gasteiger charge is -2.28. The van der Waals surface area contributed by atoms with Gasteiger partial charge in [0, 0.05) is 45.3 Å². The van der Waals surface area contributed by atoms with Gasteiger partial charge in [-0.25, -0.2) is 9.97 Å². The summed E-state index contributed by atoms with van der Waals surface area (Å²) in [7, 11) is 0. The summed E-state index contributed by atoms with van der Waals surface area (Å²) in [4.78, 5) is 13.9. The van der Waals surface area contributed by atoms with E-state index in [1.807, 2.05) is 60.7 Å². The standard InChI is InChI=1S/C44H30N4O2/c1-3-11-33(12-4-1)47(35-23-19-31(20-24-35)43-45-39-15-7-9-17-41(39)49-43)37-27-29-38(30-28-37)48(34-13-5-2-6-14-34)36-25-21-32(22-26-36)44-46-40-16-8-10-18-42(40)50-44/h1-30H. The van der Waals surface area contributed by atoms with Crippen LogP contribution in [-0.4, -0.2) is 9.97 Å². The zero-order valence-electron chi connectivity index (χ0n) is 26.9. The Hall–Kier alpha value is -6.92. The molecule has 238 valence electrons. The molecule has 7 aromatic carbocycles. The Morgan fingerprint density at radius 1 is 0.300 bits per heavy atom. The van der Waals surface area contributed by atoms with Crippen LogP contribution in [0.1, 0.15) is 0 Å². The number of oxazole rings is 2. The largest absolute Gasteiger partial charge is 0.436 e. The van der Waals surface area contributed by atoms with E-state index in [1.54, 1.807) is 0 Å². The fourth-order valence-electron chi connectivity index (χ4n) is 6.30. The Morgan fingerprint density at radius 3 is 0.960 bits per heavy atom. The molecule has 0 aliphatic carbocycles. The summed E-state index contributed by atoms with van der Waals surface area (Å²) in [6, 6.07) is 61.8. The van der Waals surface area contributed by atoms with E-state index in [-0.39, 0.29) is 0 Å². The highest BCUT2D eigenvalue weighted by atomic mass is 16.4. The van der Waals surface area contributed by atoms with Crippen LogP contribution in [0.25, 0.3) is 45.1 Å². The monoisotopic (exact) mass is 646 g/mol. The maximum absolute atomic E-state index is 6.04. The molecule has 0 saturated heterocycles. The Morgan fingerprint density at radius 2 is 0.600 bits per heavy atom. The summed E-state index contributed by atoms with van der Waals surface area (Å²) in [6.45, 7) is 0. The molecule has 2 aromatic heterocycles. The van der Waals surface area contributed by atoms with Crippen LogP contribution in [0.4, 0.5) is 34.1 Å². The van der Waals surface area contributed by atoms with Gasteiger partial charge in [0.2, 0.25) is 11.8 Å². The van der Waals surface area contributed by atoms with Crippen molar-refractivity contribution in [2.75, 3.05) is 9.80 Å². The molecule has 0 N–H and O–H groups in total. The summed E-state index contributed by atoms with van der Waals surface area (Å²) in [5, 5.41) is 0. The molecule has 0 spiro atoms. The van der Waals surface area contributed by atoms with Crippen LogP contribution in [0, 0.1) is 0 Å². The van der Waals surface area contributed by atoms with Gasteiger partial charge in [0.1, 0.15) is 11.0 Å². The van der Waals surface area contributed by atoms with Crippen molar-refractivity contribution in [3.8, 4) is 22.9 Å². The van der Waals surface area contributed by atoms with E-state index in [0.717, 1.165) is 67.5 Å². The first-order chi connectivity index (χ1) is 24.8. The number of anilines is 6. The van der Waals surface area contributed by atoms with Gasteiger partial charge in [0.05, 0.1) is 0 Å². The van der Waals surface area contributed by atoms with Crippen molar-refractivity contribution in [2.24, 2.45) is 0 Å². The maximum Gasteiger partial charge on any atom is 0.227 e. The first kappa shape index (κ1) is 29.2. The highest BCUT2D eigenvalue weighted by molar-refractivity contribution is 5.83. The van der Waals surface area contributed by atoms with Gasteiger partial charge in [-0.2, -0.15) is 0 Å². The van der Waals surface area contributed by atoms with Gasteiger partial charge in [0.25, 0.3) is 0 Å². The van der Waals surface area contributed by atoms with E-state index >= 15 is 0 Å². The van der Waals surface area contributed by atoms with Gasteiger partial charge in [-0.3, -0.25) is 0 Å².